The van der Waals surface area contributed by atoms with Crippen LogP contribution in [0.5, 0.6) is 0 Å². The number of nitrogens with zero attached hydrogens (tertiary/aromatic N) is 4. The molecule has 270 valence electrons. The number of hydrogen-bond donors (Lipinski definition) is 0. The van der Waals surface area contributed by atoms with Gasteiger partial charge < -0.3 is 9.13 Å². The van der Waals surface area contributed by atoms with Gasteiger partial charge in [-0.3, -0.25) is 0 Å². The zero-order valence-electron chi connectivity index (χ0n) is 31.8. The molecule has 0 N–H and O–H groups in total. The van der Waals surface area contributed by atoms with E-state index in [9.17, 15) is 0 Å². The molecule has 0 radical (unpaired) electrons. The van der Waals surface area contributed by atoms with E-state index in [-0.39, 0.29) is 0 Å². The van der Waals surface area contributed by atoms with Gasteiger partial charge in [-0.2, -0.15) is 0 Å². The van der Waals surface area contributed by atoms with E-state index in [1.54, 1.807) is 0 Å². The van der Waals surface area contributed by atoms with Gasteiger partial charge in [0.2, 0.25) is 0 Å². The van der Waals surface area contributed by atoms with Crippen molar-refractivity contribution in [2.24, 2.45) is 14.1 Å². The summed E-state index contributed by atoms with van der Waals surface area (Å²) in [6, 6.07) is 70.5. The summed E-state index contributed by atoms with van der Waals surface area (Å²) in [5.41, 5.74) is 17.6. The van der Waals surface area contributed by atoms with E-state index in [0.29, 0.717) is 0 Å². The molecular weight excluding hydrogens is 693 g/mol. The molecule has 57 heavy (non-hydrogen) atoms. The van der Waals surface area contributed by atoms with Crippen LogP contribution in [0.2, 0.25) is 0 Å². The minimum absolute atomic E-state index is 0.693. The maximum Gasteiger partial charge on any atom is 0.140 e. The molecule has 0 atom stereocenters. The van der Waals surface area contributed by atoms with Gasteiger partial charge in [0.25, 0.3) is 0 Å². The number of rotatable bonds is 6. The van der Waals surface area contributed by atoms with E-state index >= 15 is 0 Å². The van der Waals surface area contributed by atoms with Crippen molar-refractivity contribution in [2.45, 2.75) is 5.41 Å². The fraction of sp³-hybridized carbons (Fsp3) is 0.0566. The monoisotopic (exact) mass is 730 g/mol. The molecule has 2 heterocycles. The van der Waals surface area contributed by atoms with Crippen LogP contribution in [0, 0.1) is 0 Å². The van der Waals surface area contributed by atoms with E-state index < -0.39 is 5.41 Å². The standard InChI is InChI=1S/C53H38N4/c1-56-49-27-15-13-25-47(49)54-51(56)39-29-37(35-17-5-3-6-18-35)31-41(33-39)53(45-23-11-9-21-43(45)44-22-10-12-24-46(44)53)42-32-38(36-19-7-4-8-20-36)30-40(34-42)52-55-48-26-14-16-28-50(48)57(52)2/h3-34H,1-2H3. The van der Waals surface area contributed by atoms with Gasteiger partial charge in [0.15, 0.2) is 0 Å². The predicted octanol–water partition coefficient (Wildman–Crippen LogP) is 12.5. The van der Waals surface area contributed by atoms with Gasteiger partial charge >= 0.3 is 0 Å². The molecule has 8 aromatic carbocycles. The third kappa shape index (κ3) is 5.07. The van der Waals surface area contributed by atoms with Crippen molar-refractivity contribution in [3.63, 3.8) is 0 Å². The van der Waals surface area contributed by atoms with Crippen molar-refractivity contribution in [1.82, 2.24) is 19.1 Å². The van der Waals surface area contributed by atoms with E-state index in [0.717, 1.165) is 67.1 Å². The van der Waals surface area contributed by atoms with Crippen LogP contribution in [-0.4, -0.2) is 19.1 Å². The number of imidazole rings is 2. The molecule has 10 aromatic rings. The number of para-hydroxylation sites is 4. The van der Waals surface area contributed by atoms with Crippen molar-refractivity contribution < 1.29 is 0 Å². The fourth-order valence-corrected chi connectivity index (χ4v) is 9.37. The second-order valence-electron chi connectivity index (χ2n) is 15.1. The molecule has 11 rings (SSSR count). The maximum atomic E-state index is 5.26. The molecule has 4 heteroatoms. The Morgan fingerprint density at radius 2 is 0.719 bits per heavy atom. The zero-order valence-corrected chi connectivity index (χ0v) is 31.8. The Morgan fingerprint density at radius 1 is 0.351 bits per heavy atom. The highest BCUT2D eigenvalue weighted by molar-refractivity contribution is 5.90. The lowest BCUT2D eigenvalue weighted by Gasteiger charge is -2.35. The Hall–Kier alpha value is -7.30. The van der Waals surface area contributed by atoms with Crippen LogP contribution < -0.4 is 0 Å². The fourth-order valence-electron chi connectivity index (χ4n) is 9.37. The minimum Gasteiger partial charge on any atom is -0.327 e. The summed E-state index contributed by atoms with van der Waals surface area (Å²) in [4.78, 5) is 10.5. The van der Waals surface area contributed by atoms with Gasteiger partial charge in [-0.25, -0.2) is 9.97 Å². The quantitative estimate of drug-likeness (QED) is 0.171. The number of aryl methyl sites for hydroxylation is 2. The second kappa shape index (κ2) is 12.9. The highest BCUT2D eigenvalue weighted by Gasteiger charge is 2.47. The molecule has 0 bridgehead atoms. The first-order valence-corrected chi connectivity index (χ1v) is 19.5. The molecule has 0 amide bonds. The summed E-state index contributed by atoms with van der Waals surface area (Å²) in [5.74, 6) is 1.87. The van der Waals surface area contributed by atoms with Gasteiger partial charge in [-0.1, -0.05) is 133 Å². The van der Waals surface area contributed by atoms with Crippen molar-refractivity contribution in [2.75, 3.05) is 0 Å². The molecule has 1 aliphatic carbocycles. The van der Waals surface area contributed by atoms with E-state index in [1.807, 2.05) is 0 Å². The molecule has 4 nitrogen and oxygen atoms in total. The summed E-state index contributed by atoms with van der Waals surface area (Å²) in [7, 11) is 4.25. The Labute approximate surface area is 332 Å². The number of hydrogen-bond acceptors (Lipinski definition) is 2. The summed E-state index contributed by atoms with van der Waals surface area (Å²) in [6.07, 6.45) is 0. The van der Waals surface area contributed by atoms with Crippen molar-refractivity contribution in [1.29, 1.82) is 0 Å². The van der Waals surface area contributed by atoms with E-state index in [2.05, 4.69) is 217 Å². The second-order valence-corrected chi connectivity index (χ2v) is 15.1. The van der Waals surface area contributed by atoms with Crippen molar-refractivity contribution >= 4 is 22.1 Å². The van der Waals surface area contributed by atoms with Crippen LogP contribution in [0.3, 0.4) is 0 Å². The third-order valence-corrected chi connectivity index (χ3v) is 12.0. The number of aromatic nitrogens is 4. The van der Waals surface area contributed by atoms with Crippen LogP contribution in [-0.2, 0) is 19.5 Å². The first-order chi connectivity index (χ1) is 28.1. The van der Waals surface area contributed by atoms with Gasteiger partial charge in [-0.05, 0) is 116 Å². The van der Waals surface area contributed by atoms with Crippen molar-refractivity contribution in [3.05, 3.63) is 216 Å². The minimum atomic E-state index is -0.693. The molecule has 0 unspecified atom stereocenters. The number of benzene rings is 8. The lowest BCUT2D eigenvalue weighted by atomic mass is 9.66. The van der Waals surface area contributed by atoms with Gasteiger partial charge in [-0.15, -0.1) is 0 Å². The molecule has 0 saturated carbocycles. The Morgan fingerprint density at radius 3 is 1.16 bits per heavy atom. The Kier molecular flexibility index (Phi) is 7.48. The molecule has 0 spiro atoms. The van der Waals surface area contributed by atoms with Gasteiger partial charge in [0.05, 0.1) is 27.5 Å². The molecule has 1 aliphatic rings. The van der Waals surface area contributed by atoms with Crippen LogP contribution in [0.25, 0.3) is 78.2 Å². The third-order valence-electron chi connectivity index (χ3n) is 12.0. The highest BCUT2D eigenvalue weighted by Crippen LogP contribution is 2.57. The topological polar surface area (TPSA) is 35.6 Å². The van der Waals surface area contributed by atoms with Crippen LogP contribution in [0.15, 0.2) is 194 Å². The number of fused-ring (bicyclic) bond motifs is 5. The van der Waals surface area contributed by atoms with Crippen LogP contribution >= 0.6 is 0 Å². The Bertz CT molecular complexity index is 2940. The van der Waals surface area contributed by atoms with Gasteiger partial charge in [0, 0.05) is 25.2 Å². The average molecular weight is 731 g/mol. The first-order valence-electron chi connectivity index (χ1n) is 19.5. The summed E-state index contributed by atoms with van der Waals surface area (Å²) in [6.45, 7) is 0. The van der Waals surface area contributed by atoms with Crippen LogP contribution in [0.4, 0.5) is 0 Å². The van der Waals surface area contributed by atoms with Gasteiger partial charge in [0.1, 0.15) is 11.6 Å². The van der Waals surface area contributed by atoms with Crippen LogP contribution in [0.1, 0.15) is 22.3 Å². The normalized spacial score (nSPS) is 12.9. The predicted molar refractivity (Wildman–Crippen MR) is 234 cm³/mol. The average Bonchev–Trinajstić information content (AvgIpc) is 3.91. The molecule has 0 fully saturated rings. The Balaban J connectivity index is 1.28. The first kappa shape index (κ1) is 33.1. The molecule has 0 aliphatic heterocycles. The lowest BCUT2D eigenvalue weighted by molar-refractivity contribution is 0.769. The van der Waals surface area contributed by atoms with Crippen molar-refractivity contribution in [3.8, 4) is 56.2 Å². The summed E-state index contributed by atoms with van der Waals surface area (Å²) < 4.78 is 4.46. The SMILES string of the molecule is Cn1c(-c2cc(-c3ccccc3)cc(C3(c4cc(-c5ccccc5)cc(-c5nc6ccccc6n5C)c4)c4ccccc4-c4ccccc43)c2)nc2ccccc21. The maximum absolute atomic E-state index is 5.26. The molecule has 2 aromatic heterocycles. The highest BCUT2D eigenvalue weighted by atomic mass is 15.1. The smallest absolute Gasteiger partial charge is 0.140 e. The van der Waals surface area contributed by atoms with E-state index in [4.69, 9.17) is 9.97 Å². The lowest BCUT2D eigenvalue weighted by Crippen LogP contribution is -2.29. The zero-order chi connectivity index (χ0) is 38.1. The largest absolute Gasteiger partial charge is 0.327 e. The summed E-state index contributed by atoms with van der Waals surface area (Å²) >= 11 is 0. The summed E-state index contributed by atoms with van der Waals surface area (Å²) in [5, 5.41) is 0. The molecule has 0 saturated heterocycles. The van der Waals surface area contributed by atoms with E-state index in [1.165, 1.54) is 33.4 Å². The molecular formula is C53H38N4.